The molecular weight excluding hydrogens is 436 g/mol. The maximum absolute atomic E-state index is 13.2. The average molecular weight is 467 g/mol. The lowest BCUT2D eigenvalue weighted by atomic mass is 10.0. The van der Waals surface area contributed by atoms with Crippen molar-refractivity contribution < 1.29 is 9.53 Å². The fraction of sp³-hybridized carbons (Fsp3) is 0.385. The quantitative estimate of drug-likeness (QED) is 0.516. The summed E-state index contributed by atoms with van der Waals surface area (Å²) < 4.78 is 7.59. The zero-order chi connectivity index (χ0) is 23.2. The van der Waals surface area contributed by atoms with E-state index in [4.69, 9.17) is 16.3 Å². The van der Waals surface area contributed by atoms with Crippen LogP contribution < -0.4 is 10.2 Å². The van der Waals surface area contributed by atoms with E-state index in [0.29, 0.717) is 29.7 Å². The number of imidazole rings is 1. The third kappa shape index (κ3) is 5.57. The Morgan fingerprint density at radius 2 is 2.00 bits per heavy atom. The van der Waals surface area contributed by atoms with Gasteiger partial charge in [0.15, 0.2) is 0 Å². The molecule has 1 aliphatic rings. The summed E-state index contributed by atoms with van der Waals surface area (Å²) >= 11 is 6.47. The molecule has 1 saturated heterocycles. The molecule has 7 heteroatoms. The van der Waals surface area contributed by atoms with E-state index in [1.807, 2.05) is 37.4 Å². The normalized spacial score (nSPS) is 14.3. The van der Waals surface area contributed by atoms with Crippen molar-refractivity contribution in [2.45, 2.75) is 45.8 Å². The van der Waals surface area contributed by atoms with Crippen LogP contribution in [0.4, 0.5) is 5.69 Å². The Labute approximate surface area is 200 Å². The van der Waals surface area contributed by atoms with Crippen molar-refractivity contribution in [3.63, 3.8) is 0 Å². The van der Waals surface area contributed by atoms with Gasteiger partial charge in [-0.3, -0.25) is 4.79 Å². The largest absolute Gasteiger partial charge is 0.381 e. The van der Waals surface area contributed by atoms with E-state index in [0.717, 1.165) is 49.7 Å². The number of rotatable bonds is 8. The van der Waals surface area contributed by atoms with Crippen molar-refractivity contribution >= 4 is 23.2 Å². The number of halogens is 1. The summed E-state index contributed by atoms with van der Waals surface area (Å²) in [5, 5.41) is 3.61. The highest BCUT2D eigenvalue weighted by Crippen LogP contribution is 2.31. The minimum absolute atomic E-state index is 0.145. The zero-order valence-electron chi connectivity index (χ0n) is 19.3. The topological polar surface area (TPSA) is 59.4 Å². The second-order valence-electron chi connectivity index (χ2n) is 8.37. The van der Waals surface area contributed by atoms with Gasteiger partial charge in [0, 0.05) is 61.0 Å². The predicted octanol–water partition coefficient (Wildman–Crippen LogP) is 4.83. The summed E-state index contributed by atoms with van der Waals surface area (Å²) in [5.41, 5.74) is 3.75. The third-order valence-corrected chi connectivity index (χ3v) is 6.49. The Kier molecular flexibility index (Phi) is 7.68. The SMILES string of the molecule is CCN(c1cc(Cl)cc(C(=O)NCc2nccn2Cc2ccccc2)c1C)C1CCOCC1. The number of anilines is 1. The van der Waals surface area contributed by atoms with E-state index in [1.54, 1.807) is 12.3 Å². The summed E-state index contributed by atoms with van der Waals surface area (Å²) in [4.78, 5) is 20.0. The summed E-state index contributed by atoms with van der Waals surface area (Å²) in [5.74, 6) is 0.665. The first kappa shape index (κ1) is 23.3. The molecule has 0 unspecified atom stereocenters. The molecule has 0 atom stereocenters. The van der Waals surface area contributed by atoms with Crippen LogP contribution >= 0.6 is 11.6 Å². The molecule has 0 radical (unpaired) electrons. The number of ether oxygens (including phenoxy) is 1. The first-order chi connectivity index (χ1) is 16.1. The lowest BCUT2D eigenvalue weighted by Crippen LogP contribution is -2.40. The number of carbonyl (C=O) groups excluding carboxylic acids is 1. The Hall–Kier alpha value is -2.83. The van der Waals surface area contributed by atoms with E-state index in [-0.39, 0.29) is 5.91 Å². The molecule has 1 N–H and O–H groups in total. The molecule has 0 aliphatic carbocycles. The highest BCUT2D eigenvalue weighted by atomic mass is 35.5. The zero-order valence-corrected chi connectivity index (χ0v) is 20.0. The number of hydrogen-bond acceptors (Lipinski definition) is 4. The number of hydrogen-bond donors (Lipinski definition) is 1. The number of carbonyl (C=O) groups is 1. The fourth-order valence-corrected chi connectivity index (χ4v) is 4.72. The fourth-order valence-electron chi connectivity index (χ4n) is 4.51. The van der Waals surface area contributed by atoms with E-state index in [1.165, 1.54) is 5.56 Å². The van der Waals surface area contributed by atoms with Crippen molar-refractivity contribution in [3.05, 3.63) is 82.4 Å². The first-order valence-corrected chi connectivity index (χ1v) is 11.9. The second kappa shape index (κ2) is 10.9. The van der Waals surface area contributed by atoms with Crippen LogP contribution in [0.5, 0.6) is 0 Å². The van der Waals surface area contributed by atoms with Gasteiger partial charge in [0.25, 0.3) is 5.91 Å². The standard InChI is InChI=1S/C26H31ClN4O2/c1-3-31(22-9-13-33-14-10-22)24-16-21(27)15-23(19(24)2)26(32)29-17-25-28-11-12-30(25)18-20-7-5-4-6-8-20/h4-8,11-12,15-16,22H,3,9-10,13-14,17-18H2,1-2H3,(H,29,32). The minimum atomic E-state index is -0.145. The molecule has 0 spiro atoms. The molecule has 1 fully saturated rings. The van der Waals surface area contributed by atoms with Gasteiger partial charge >= 0.3 is 0 Å². The molecule has 174 valence electrons. The van der Waals surface area contributed by atoms with E-state index >= 15 is 0 Å². The van der Waals surface area contributed by atoms with Crippen molar-refractivity contribution in [1.29, 1.82) is 0 Å². The van der Waals surface area contributed by atoms with Crippen LogP contribution in [0.3, 0.4) is 0 Å². The highest BCUT2D eigenvalue weighted by Gasteiger charge is 2.24. The summed E-state index contributed by atoms with van der Waals surface area (Å²) in [7, 11) is 0. The summed E-state index contributed by atoms with van der Waals surface area (Å²) in [6, 6.07) is 14.3. The predicted molar refractivity (Wildman–Crippen MR) is 132 cm³/mol. The number of amides is 1. The molecule has 1 amide bonds. The van der Waals surface area contributed by atoms with Crippen molar-refractivity contribution in [3.8, 4) is 0 Å². The van der Waals surface area contributed by atoms with Gasteiger partial charge in [-0.05, 0) is 49.9 Å². The van der Waals surface area contributed by atoms with Crippen LogP contribution in [0, 0.1) is 6.92 Å². The van der Waals surface area contributed by atoms with E-state index < -0.39 is 0 Å². The van der Waals surface area contributed by atoms with Crippen LogP contribution in [-0.4, -0.2) is 41.3 Å². The van der Waals surface area contributed by atoms with Gasteiger partial charge in [-0.25, -0.2) is 4.98 Å². The minimum Gasteiger partial charge on any atom is -0.381 e. The van der Waals surface area contributed by atoms with Gasteiger partial charge in [-0.15, -0.1) is 0 Å². The maximum atomic E-state index is 13.2. The van der Waals surface area contributed by atoms with Crippen molar-refractivity contribution in [1.82, 2.24) is 14.9 Å². The Balaban J connectivity index is 1.49. The number of nitrogens with one attached hydrogen (secondary N) is 1. The smallest absolute Gasteiger partial charge is 0.252 e. The van der Waals surface area contributed by atoms with Gasteiger partial charge < -0.3 is 19.5 Å². The molecule has 33 heavy (non-hydrogen) atoms. The summed E-state index contributed by atoms with van der Waals surface area (Å²) in [6.45, 7) is 7.58. The molecule has 1 aliphatic heterocycles. The van der Waals surface area contributed by atoms with Crippen LogP contribution in [0.1, 0.15) is 47.1 Å². The lowest BCUT2D eigenvalue weighted by Gasteiger charge is -2.36. The third-order valence-electron chi connectivity index (χ3n) is 6.28. The van der Waals surface area contributed by atoms with Crippen LogP contribution in [0.2, 0.25) is 5.02 Å². The van der Waals surface area contributed by atoms with Crippen LogP contribution in [0.15, 0.2) is 54.9 Å². The van der Waals surface area contributed by atoms with Crippen molar-refractivity contribution in [2.24, 2.45) is 0 Å². The maximum Gasteiger partial charge on any atom is 0.252 e. The first-order valence-electron chi connectivity index (χ1n) is 11.5. The van der Waals surface area contributed by atoms with Gasteiger partial charge in [-0.2, -0.15) is 0 Å². The Bertz CT molecular complexity index is 1080. The molecule has 3 aromatic rings. The molecule has 0 saturated carbocycles. The molecule has 2 heterocycles. The molecule has 2 aromatic carbocycles. The average Bonchev–Trinajstić information content (AvgIpc) is 3.28. The van der Waals surface area contributed by atoms with Gasteiger partial charge in [0.2, 0.25) is 0 Å². The van der Waals surface area contributed by atoms with Crippen LogP contribution in [-0.2, 0) is 17.8 Å². The van der Waals surface area contributed by atoms with E-state index in [2.05, 4.69) is 38.8 Å². The molecule has 0 bridgehead atoms. The van der Waals surface area contributed by atoms with Gasteiger partial charge in [-0.1, -0.05) is 41.9 Å². The number of aromatic nitrogens is 2. The summed E-state index contributed by atoms with van der Waals surface area (Å²) in [6.07, 6.45) is 5.65. The Morgan fingerprint density at radius 3 is 2.73 bits per heavy atom. The molecule has 6 nitrogen and oxygen atoms in total. The van der Waals surface area contributed by atoms with E-state index in [9.17, 15) is 4.79 Å². The number of nitrogens with zero attached hydrogens (tertiary/aromatic N) is 3. The Morgan fingerprint density at radius 1 is 1.24 bits per heavy atom. The molecular formula is C26H31ClN4O2. The monoisotopic (exact) mass is 466 g/mol. The highest BCUT2D eigenvalue weighted by molar-refractivity contribution is 6.31. The second-order valence-corrected chi connectivity index (χ2v) is 8.80. The lowest BCUT2D eigenvalue weighted by molar-refractivity contribution is 0.0846. The van der Waals surface area contributed by atoms with Gasteiger partial charge in [0.05, 0.1) is 6.54 Å². The van der Waals surface area contributed by atoms with Gasteiger partial charge in [0.1, 0.15) is 5.82 Å². The number of benzene rings is 2. The van der Waals surface area contributed by atoms with Crippen LogP contribution in [0.25, 0.3) is 0 Å². The molecule has 1 aromatic heterocycles. The van der Waals surface area contributed by atoms with Crippen molar-refractivity contribution in [2.75, 3.05) is 24.7 Å². The molecule has 4 rings (SSSR count).